The third kappa shape index (κ3) is 2.12. The molecular formula is C18H25N. The lowest BCUT2D eigenvalue weighted by atomic mass is 9.84. The summed E-state index contributed by atoms with van der Waals surface area (Å²) in [5.41, 5.74) is 1.91. The van der Waals surface area contributed by atoms with E-state index in [0.29, 0.717) is 5.54 Å². The van der Waals surface area contributed by atoms with Gasteiger partial charge in [-0.15, -0.1) is 0 Å². The van der Waals surface area contributed by atoms with Crippen molar-refractivity contribution in [2.75, 3.05) is 0 Å². The second kappa shape index (κ2) is 4.63. The molecular weight excluding hydrogens is 230 g/mol. The summed E-state index contributed by atoms with van der Waals surface area (Å²) in [4.78, 5) is 0. The van der Waals surface area contributed by atoms with E-state index in [1.54, 1.807) is 0 Å². The Morgan fingerprint density at radius 1 is 1.05 bits per heavy atom. The van der Waals surface area contributed by atoms with Crippen LogP contribution in [0.5, 0.6) is 0 Å². The average molecular weight is 255 g/mol. The van der Waals surface area contributed by atoms with E-state index in [1.807, 2.05) is 0 Å². The molecule has 0 bridgehead atoms. The molecule has 1 aromatic rings. The Balaban J connectivity index is 1.41. The second-order valence-corrected chi connectivity index (χ2v) is 7.06. The van der Waals surface area contributed by atoms with Crippen molar-refractivity contribution in [2.45, 2.75) is 62.9 Å². The van der Waals surface area contributed by atoms with E-state index in [2.05, 4.69) is 35.6 Å². The van der Waals surface area contributed by atoms with Crippen molar-refractivity contribution in [1.29, 1.82) is 0 Å². The zero-order valence-corrected chi connectivity index (χ0v) is 11.8. The van der Waals surface area contributed by atoms with E-state index < -0.39 is 0 Å². The molecule has 3 fully saturated rings. The van der Waals surface area contributed by atoms with Crippen LogP contribution in [0, 0.1) is 11.8 Å². The summed E-state index contributed by atoms with van der Waals surface area (Å²) in [7, 11) is 0. The summed E-state index contributed by atoms with van der Waals surface area (Å²) in [5.74, 6) is 1.93. The zero-order chi connectivity index (χ0) is 12.7. The lowest BCUT2D eigenvalue weighted by molar-refractivity contribution is 0.294. The predicted octanol–water partition coefficient (Wildman–Crippen LogP) is 4.23. The van der Waals surface area contributed by atoms with Gasteiger partial charge in [0.15, 0.2) is 0 Å². The van der Waals surface area contributed by atoms with Crippen molar-refractivity contribution in [2.24, 2.45) is 11.8 Å². The van der Waals surface area contributed by atoms with Gasteiger partial charge in [-0.05, 0) is 36.7 Å². The van der Waals surface area contributed by atoms with Gasteiger partial charge in [-0.25, -0.2) is 0 Å². The Bertz CT molecular complexity index is 434. The molecule has 1 aliphatic heterocycles. The van der Waals surface area contributed by atoms with Gasteiger partial charge >= 0.3 is 0 Å². The number of hydrogen-bond acceptors (Lipinski definition) is 1. The number of rotatable bonds is 3. The van der Waals surface area contributed by atoms with Crippen LogP contribution in [0.4, 0.5) is 0 Å². The summed E-state index contributed by atoms with van der Waals surface area (Å²) < 4.78 is 0. The summed E-state index contributed by atoms with van der Waals surface area (Å²) in [6.07, 6.45) is 11.6. The highest BCUT2D eigenvalue weighted by Gasteiger charge is 2.60. The normalized spacial score (nSPS) is 38.1. The van der Waals surface area contributed by atoms with Gasteiger partial charge in [-0.3, -0.25) is 0 Å². The quantitative estimate of drug-likeness (QED) is 0.852. The van der Waals surface area contributed by atoms with Crippen LogP contribution in [-0.2, 0) is 5.54 Å². The first-order chi connectivity index (χ1) is 9.37. The van der Waals surface area contributed by atoms with E-state index >= 15 is 0 Å². The van der Waals surface area contributed by atoms with Gasteiger partial charge in [0.2, 0.25) is 0 Å². The number of fused-ring (bicyclic) bond motifs is 1. The summed E-state index contributed by atoms with van der Waals surface area (Å²) in [5, 5.41) is 4.00. The minimum Gasteiger partial charge on any atom is -0.304 e. The number of benzene rings is 1. The fourth-order valence-corrected chi connectivity index (χ4v) is 4.71. The van der Waals surface area contributed by atoms with Gasteiger partial charge in [-0.1, -0.05) is 62.4 Å². The first-order valence-electron chi connectivity index (χ1n) is 8.20. The van der Waals surface area contributed by atoms with Gasteiger partial charge in [0.25, 0.3) is 0 Å². The minimum absolute atomic E-state index is 0.376. The van der Waals surface area contributed by atoms with Crippen LogP contribution in [0.1, 0.15) is 56.9 Å². The molecule has 1 heteroatoms. The van der Waals surface area contributed by atoms with Gasteiger partial charge in [0.1, 0.15) is 0 Å². The molecule has 0 radical (unpaired) electrons. The molecule has 1 saturated heterocycles. The number of nitrogens with one attached hydrogen (secondary N) is 1. The standard InChI is InChI=1S/C18H25N/c1-3-7-14(8-4-1)11-17-12-16-13-18(16,19-17)15-9-5-2-6-10-15/h2,5-6,9-10,14,16-17,19H,1,3-4,7-8,11-13H2. The van der Waals surface area contributed by atoms with Crippen molar-refractivity contribution in [3.8, 4) is 0 Å². The molecule has 3 unspecified atom stereocenters. The second-order valence-electron chi connectivity index (χ2n) is 7.06. The van der Waals surface area contributed by atoms with Crippen LogP contribution < -0.4 is 5.32 Å². The van der Waals surface area contributed by atoms with E-state index in [4.69, 9.17) is 0 Å². The highest BCUT2D eigenvalue weighted by atomic mass is 15.1. The van der Waals surface area contributed by atoms with Crippen LogP contribution in [0.25, 0.3) is 0 Å². The SMILES string of the molecule is c1ccc(C23CC2CC(CC2CCCCC2)N3)cc1. The Kier molecular flexibility index (Phi) is 2.91. The number of hydrogen-bond donors (Lipinski definition) is 1. The highest BCUT2D eigenvalue weighted by Crippen LogP contribution is 2.59. The molecule has 3 aliphatic rings. The predicted molar refractivity (Wildman–Crippen MR) is 79.0 cm³/mol. The summed E-state index contributed by atoms with van der Waals surface area (Å²) in [6, 6.07) is 11.9. The van der Waals surface area contributed by atoms with Crippen LogP contribution in [0.15, 0.2) is 30.3 Å². The van der Waals surface area contributed by atoms with Crippen LogP contribution in [0.3, 0.4) is 0 Å². The molecule has 0 spiro atoms. The zero-order valence-electron chi connectivity index (χ0n) is 11.8. The maximum absolute atomic E-state index is 4.00. The van der Waals surface area contributed by atoms with E-state index in [0.717, 1.165) is 17.9 Å². The smallest absolute Gasteiger partial charge is 0.0470 e. The van der Waals surface area contributed by atoms with E-state index in [9.17, 15) is 0 Å². The molecule has 2 aliphatic carbocycles. The molecule has 1 N–H and O–H groups in total. The van der Waals surface area contributed by atoms with Crippen molar-refractivity contribution >= 4 is 0 Å². The van der Waals surface area contributed by atoms with Gasteiger partial charge < -0.3 is 5.32 Å². The average Bonchev–Trinajstić information content (AvgIpc) is 3.04. The lowest BCUT2D eigenvalue weighted by Crippen LogP contribution is -2.35. The Labute approximate surface area is 116 Å². The molecule has 4 rings (SSSR count). The Morgan fingerprint density at radius 2 is 1.84 bits per heavy atom. The summed E-state index contributed by atoms with van der Waals surface area (Å²) >= 11 is 0. The van der Waals surface area contributed by atoms with Gasteiger partial charge in [0.05, 0.1) is 0 Å². The topological polar surface area (TPSA) is 12.0 Å². The van der Waals surface area contributed by atoms with Crippen molar-refractivity contribution < 1.29 is 0 Å². The molecule has 1 nitrogen and oxygen atoms in total. The maximum atomic E-state index is 4.00. The van der Waals surface area contributed by atoms with Gasteiger partial charge in [0, 0.05) is 11.6 Å². The third-order valence-electron chi connectivity index (χ3n) is 5.77. The molecule has 2 saturated carbocycles. The molecule has 102 valence electrons. The third-order valence-corrected chi connectivity index (χ3v) is 5.77. The summed E-state index contributed by atoms with van der Waals surface area (Å²) in [6.45, 7) is 0. The molecule has 1 heterocycles. The van der Waals surface area contributed by atoms with E-state index in [-0.39, 0.29) is 0 Å². The number of piperidine rings is 1. The molecule has 3 atom stereocenters. The monoisotopic (exact) mass is 255 g/mol. The van der Waals surface area contributed by atoms with Crippen LogP contribution >= 0.6 is 0 Å². The molecule has 0 amide bonds. The fraction of sp³-hybridized carbons (Fsp3) is 0.667. The van der Waals surface area contributed by atoms with Crippen molar-refractivity contribution in [3.63, 3.8) is 0 Å². The Morgan fingerprint density at radius 3 is 2.63 bits per heavy atom. The maximum Gasteiger partial charge on any atom is 0.0470 e. The van der Waals surface area contributed by atoms with Crippen LogP contribution in [0.2, 0.25) is 0 Å². The molecule has 0 aromatic heterocycles. The first kappa shape index (κ1) is 12.0. The van der Waals surface area contributed by atoms with Crippen molar-refractivity contribution in [1.82, 2.24) is 5.32 Å². The molecule has 1 aromatic carbocycles. The Hall–Kier alpha value is -0.820. The first-order valence-corrected chi connectivity index (χ1v) is 8.20. The fourth-order valence-electron chi connectivity index (χ4n) is 4.71. The van der Waals surface area contributed by atoms with Crippen molar-refractivity contribution in [3.05, 3.63) is 35.9 Å². The lowest BCUT2D eigenvalue weighted by Gasteiger charge is -2.27. The van der Waals surface area contributed by atoms with Gasteiger partial charge in [-0.2, -0.15) is 0 Å². The molecule has 19 heavy (non-hydrogen) atoms. The highest BCUT2D eigenvalue weighted by molar-refractivity contribution is 5.35. The van der Waals surface area contributed by atoms with E-state index in [1.165, 1.54) is 56.9 Å². The van der Waals surface area contributed by atoms with Crippen LogP contribution in [-0.4, -0.2) is 6.04 Å². The minimum atomic E-state index is 0.376. The largest absolute Gasteiger partial charge is 0.304 e.